The lowest BCUT2D eigenvalue weighted by Crippen LogP contribution is -2.44. The van der Waals surface area contributed by atoms with Gasteiger partial charge in [0.2, 0.25) is 5.91 Å². The Morgan fingerprint density at radius 3 is 2.44 bits per heavy atom. The SMILES string of the molecule is CC1(C(=O)O)CCN(CC(=O)N2CCC(Cc3ccccc3)CC2)C1. The summed E-state index contributed by atoms with van der Waals surface area (Å²) < 4.78 is 0. The van der Waals surface area contributed by atoms with E-state index in [4.69, 9.17) is 0 Å². The van der Waals surface area contributed by atoms with E-state index in [1.54, 1.807) is 6.92 Å². The molecule has 1 unspecified atom stereocenters. The number of carboxylic acids is 1. The predicted molar refractivity (Wildman–Crippen MR) is 96.2 cm³/mol. The van der Waals surface area contributed by atoms with Crippen molar-refractivity contribution in [3.8, 4) is 0 Å². The fourth-order valence-electron chi connectivity index (χ4n) is 3.99. The predicted octanol–water partition coefficient (Wildman–Crippen LogP) is 2.26. The number of rotatable bonds is 5. The van der Waals surface area contributed by atoms with Crippen molar-refractivity contribution in [3.63, 3.8) is 0 Å². The van der Waals surface area contributed by atoms with Gasteiger partial charge >= 0.3 is 5.97 Å². The highest BCUT2D eigenvalue weighted by Crippen LogP contribution is 2.30. The summed E-state index contributed by atoms with van der Waals surface area (Å²) in [5.41, 5.74) is 0.667. The molecule has 2 aliphatic rings. The first-order valence-electron chi connectivity index (χ1n) is 9.24. The van der Waals surface area contributed by atoms with Crippen molar-refractivity contribution in [1.82, 2.24) is 9.80 Å². The van der Waals surface area contributed by atoms with Gasteiger partial charge in [-0.25, -0.2) is 0 Å². The molecule has 2 aliphatic heterocycles. The van der Waals surface area contributed by atoms with E-state index in [9.17, 15) is 14.7 Å². The molecule has 5 nitrogen and oxygen atoms in total. The molecule has 136 valence electrons. The van der Waals surface area contributed by atoms with Crippen molar-refractivity contribution in [3.05, 3.63) is 35.9 Å². The molecule has 1 N–H and O–H groups in total. The van der Waals surface area contributed by atoms with E-state index in [-0.39, 0.29) is 5.91 Å². The van der Waals surface area contributed by atoms with Gasteiger partial charge in [-0.3, -0.25) is 14.5 Å². The zero-order valence-corrected chi connectivity index (χ0v) is 15.0. The molecule has 2 fully saturated rings. The van der Waals surface area contributed by atoms with E-state index in [0.717, 1.165) is 32.4 Å². The highest BCUT2D eigenvalue weighted by atomic mass is 16.4. The molecule has 1 aromatic carbocycles. The Morgan fingerprint density at radius 2 is 1.84 bits per heavy atom. The van der Waals surface area contributed by atoms with Crippen molar-refractivity contribution in [2.24, 2.45) is 11.3 Å². The fourth-order valence-corrected chi connectivity index (χ4v) is 3.99. The zero-order valence-electron chi connectivity index (χ0n) is 15.0. The van der Waals surface area contributed by atoms with Gasteiger partial charge in [-0.05, 0) is 50.6 Å². The Kier molecular flexibility index (Phi) is 5.42. The highest BCUT2D eigenvalue weighted by molar-refractivity contribution is 5.79. The van der Waals surface area contributed by atoms with Crippen molar-refractivity contribution < 1.29 is 14.7 Å². The van der Waals surface area contributed by atoms with Crippen molar-refractivity contribution >= 4 is 11.9 Å². The lowest BCUT2D eigenvalue weighted by molar-refractivity contribution is -0.147. The monoisotopic (exact) mass is 344 g/mol. The van der Waals surface area contributed by atoms with Crippen LogP contribution in [0.1, 0.15) is 31.7 Å². The summed E-state index contributed by atoms with van der Waals surface area (Å²) in [5, 5.41) is 9.30. The van der Waals surface area contributed by atoms with Crippen molar-refractivity contribution in [2.75, 3.05) is 32.7 Å². The number of hydrogen-bond donors (Lipinski definition) is 1. The van der Waals surface area contributed by atoms with Crippen LogP contribution >= 0.6 is 0 Å². The third kappa shape index (κ3) is 4.40. The molecule has 3 rings (SSSR count). The van der Waals surface area contributed by atoms with E-state index >= 15 is 0 Å². The number of aliphatic carboxylic acids is 1. The van der Waals surface area contributed by atoms with Gasteiger partial charge in [0.25, 0.3) is 0 Å². The second-order valence-corrected chi connectivity index (χ2v) is 7.84. The average molecular weight is 344 g/mol. The van der Waals surface area contributed by atoms with Crippen molar-refractivity contribution in [1.29, 1.82) is 0 Å². The lowest BCUT2D eigenvalue weighted by atomic mass is 9.90. The van der Waals surface area contributed by atoms with Crippen LogP contribution in [0, 0.1) is 11.3 Å². The van der Waals surface area contributed by atoms with Gasteiger partial charge in [0.15, 0.2) is 0 Å². The summed E-state index contributed by atoms with van der Waals surface area (Å²) in [6.07, 6.45) is 3.81. The topological polar surface area (TPSA) is 60.9 Å². The van der Waals surface area contributed by atoms with Gasteiger partial charge < -0.3 is 10.0 Å². The second-order valence-electron chi connectivity index (χ2n) is 7.84. The molecule has 5 heteroatoms. The van der Waals surface area contributed by atoms with E-state index < -0.39 is 11.4 Å². The molecule has 25 heavy (non-hydrogen) atoms. The number of carbonyl (C=O) groups excluding carboxylic acids is 1. The number of benzene rings is 1. The van der Waals surface area contributed by atoms with E-state index in [0.29, 0.717) is 32.0 Å². The van der Waals surface area contributed by atoms with Gasteiger partial charge in [0.1, 0.15) is 0 Å². The maximum absolute atomic E-state index is 12.5. The number of carbonyl (C=O) groups is 2. The summed E-state index contributed by atoms with van der Waals surface area (Å²) in [7, 11) is 0. The van der Waals surface area contributed by atoms with Crippen LogP contribution in [0.4, 0.5) is 0 Å². The molecule has 0 aromatic heterocycles. The number of nitrogens with zero attached hydrogens (tertiary/aromatic N) is 2. The van der Waals surface area contributed by atoms with Crippen LogP contribution in [-0.2, 0) is 16.0 Å². The van der Waals surface area contributed by atoms with Crippen LogP contribution in [0.15, 0.2) is 30.3 Å². The lowest BCUT2D eigenvalue weighted by Gasteiger charge is -2.33. The molecule has 2 saturated heterocycles. The van der Waals surface area contributed by atoms with Crippen LogP contribution in [0.5, 0.6) is 0 Å². The van der Waals surface area contributed by atoms with Gasteiger partial charge in [-0.2, -0.15) is 0 Å². The summed E-state index contributed by atoms with van der Waals surface area (Å²) in [6.45, 7) is 4.93. The third-order valence-electron chi connectivity index (χ3n) is 5.76. The number of carboxylic acid groups (broad SMARTS) is 1. The van der Waals surface area contributed by atoms with E-state index in [1.807, 2.05) is 15.9 Å². The van der Waals surface area contributed by atoms with Crippen LogP contribution in [0.2, 0.25) is 0 Å². The summed E-state index contributed by atoms with van der Waals surface area (Å²) in [5.74, 6) is 0.0329. The zero-order chi connectivity index (χ0) is 17.9. The Morgan fingerprint density at radius 1 is 1.16 bits per heavy atom. The molecule has 0 saturated carbocycles. The van der Waals surface area contributed by atoms with E-state index in [2.05, 4.69) is 24.3 Å². The molecule has 0 radical (unpaired) electrons. The first kappa shape index (κ1) is 17.9. The largest absolute Gasteiger partial charge is 0.481 e. The quantitative estimate of drug-likeness (QED) is 0.890. The van der Waals surface area contributed by atoms with Gasteiger partial charge in [0, 0.05) is 19.6 Å². The number of likely N-dealkylation sites (tertiary alicyclic amines) is 2. The van der Waals surface area contributed by atoms with Crippen LogP contribution in [0.3, 0.4) is 0 Å². The van der Waals surface area contributed by atoms with Gasteiger partial charge in [-0.1, -0.05) is 30.3 Å². The van der Waals surface area contributed by atoms with Gasteiger partial charge in [-0.15, -0.1) is 0 Å². The first-order valence-corrected chi connectivity index (χ1v) is 9.24. The minimum Gasteiger partial charge on any atom is -0.481 e. The molecule has 0 spiro atoms. The van der Waals surface area contributed by atoms with Crippen LogP contribution in [0.25, 0.3) is 0 Å². The standard InChI is InChI=1S/C20H28N2O3/c1-20(19(24)25)9-12-21(15-20)14-18(23)22-10-7-17(8-11-22)13-16-5-3-2-4-6-16/h2-6,17H,7-15H2,1H3,(H,24,25). The van der Waals surface area contributed by atoms with E-state index in [1.165, 1.54) is 5.56 Å². The summed E-state index contributed by atoms with van der Waals surface area (Å²) >= 11 is 0. The Bertz CT molecular complexity index is 611. The molecule has 1 aromatic rings. The van der Waals surface area contributed by atoms with Crippen LogP contribution < -0.4 is 0 Å². The Hall–Kier alpha value is -1.88. The summed E-state index contributed by atoms with van der Waals surface area (Å²) in [4.78, 5) is 27.8. The fraction of sp³-hybridized carbons (Fsp3) is 0.600. The maximum atomic E-state index is 12.5. The molecule has 1 atom stereocenters. The van der Waals surface area contributed by atoms with Crippen molar-refractivity contribution in [2.45, 2.75) is 32.6 Å². The minimum absolute atomic E-state index is 0.146. The average Bonchev–Trinajstić information content (AvgIpc) is 2.99. The molecular weight excluding hydrogens is 316 g/mol. The molecule has 1 amide bonds. The third-order valence-corrected chi connectivity index (χ3v) is 5.76. The molecular formula is C20H28N2O3. The number of amides is 1. The van der Waals surface area contributed by atoms with Crippen LogP contribution in [-0.4, -0.2) is 59.5 Å². The molecule has 0 aliphatic carbocycles. The number of piperidine rings is 1. The Labute approximate surface area is 149 Å². The highest BCUT2D eigenvalue weighted by Gasteiger charge is 2.41. The minimum atomic E-state index is -0.760. The van der Waals surface area contributed by atoms with Gasteiger partial charge in [0.05, 0.1) is 12.0 Å². The normalized spacial score (nSPS) is 25.2. The second kappa shape index (κ2) is 7.56. The molecule has 0 bridgehead atoms. The Balaban J connectivity index is 1.44. The first-order chi connectivity index (χ1) is 12.0. The summed E-state index contributed by atoms with van der Waals surface area (Å²) in [6, 6.07) is 10.5. The smallest absolute Gasteiger partial charge is 0.310 e. The number of hydrogen-bond acceptors (Lipinski definition) is 3. The maximum Gasteiger partial charge on any atom is 0.310 e. The molecule has 2 heterocycles.